The van der Waals surface area contributed by atoms with E-state index in [2.05, 4.69) is 10.4 Å². The standard InChI is InChI=1S/C10H16F3N3/c1-7-6-9(16(3)15-7)8(4-5-14-2)10(11,12)13/h6,8,14H,4-5H2,1-3H3. The molecular weight excluding hydrogens is 219 g/mol. The van der Waals surface area contributed by atoms with Crippen molar-refractivity contribution in [1.29, 1.82) is 0 Å². The highest BCUT2D eigenvalue weighted by molar-refractivity contribution is 5.15. The van der Waals surface area contributed by atoms with E-state index in [4.69, 9.17) is 0 Å². The lowest BCUT2D eigenvalue weighted by Gasteiger charge is -2.20. The molecule has 0 aliphatic heterocycles. The summed E-state index contributed by atoms with van der Waals surface area (Å²) in [5, 5.41) is 6.69. The summed E-state index contributed by atoms with van der Waals surface area (Å²) in [5.41, 5.74) is 0.830. The SMILES string of the molecule is CNCCC(c1cc(C)nn1C)C(F)(F)F. The average molecular weight is 235 g/mol. The average Bonchev–Trinajstić information content (AvgIpc) is 2.44. The van der Waals surface area contributed by atoms with Crippen molar-refractivity contribution in [2.24, 2.45) is 7.05 Å². The maximum atomic E-state index is 12.8. The van der Waals surface area contributed by atoms with Crippen LogP contribution in [0.5, 0.6) is 0 Å². The molecule has 0 radical (unpaired) electrons. The molecule has 0 spiro atoms. The summed E-state index contributed by atoms with van der Waals surface area (Å²) in [6, 6.07) is 1.49. The summed E-state index contributed by atoms with van der Waals surface area (Å²) >= 11 is 0. The van der Waals surface area contributed by atoms with Gasteiger partial charge in [-0.3, -0.25) is 4.68 Å². The van der Waals surface area contributed by atoms with Gasteiger partial charge in [-0.05, 0) is 33.0 Å². The van der Waals surface area contributed by atoms with Gasteiger partial charge in [0.05, 0.1) is 17.3 Å². The zero-order valence-corrected chi connectivity index (χ0v) is 9.60. The fraction of sp³-hybridized carbons (Fsp3) is 0.700. The molecule has 0 aromatic carbocycles. The monoisotopic (exact) mass is 235 g/mol. The lowest BCUT2D eigenvalue weighted by Crippen LogP contribution is -2.26. The summed E-state index contributed by atoms with van der Waals surface area (Å²) in [4.78, 5) is 0. The van der Waals surface area contributed by atoms with E-state index < -0.39 is 12.1 Å². The van der Waals surface area contributed by atoms with Gasteiger partial charge < -0.3 is 5.32 Å². The summed E-state index contributed by atoms with van der Waals surface area (Å²) in [6.45, 7) is 2.02. The number of aromatic nitrogens is 2. The second kappa shape index (κ2) is 4.86. The van der Waals surface area contributed by atoms with Crippen molar-refractivity contribution < 1.29 is 13.2 Å². The molecule has 1 aromatic rings. The minimum Gasteiger partial charge on any atom is -0.320 e. The van der Waals surface area contributed by atoms with Crippen molar-refractivity contribution in [3.63, 3.8) is 0 Å². The van der Waals surface area contributed by atoms with E-state index in [1.54, 1.807) is 21.0 Å². The first kappa shape index (κ1) is 13.0. The predicted octanol–water partition coefficient (Wildman–Crippen LogP) is 1.98. The molecule has 0 bridgehead atoms. The number of nitrogens with one attached hydrogen (secondary N) is 1. The molecule has 0 saturated heterocycles. The Kier molecular flexibility index (Phi) is 3.96. The van der Waals surface area contributed by atoms with Crippen molar-refractivity contribution in [2.45, 2.75) is 25.4 Å². The lowest BCUT2D eigenvalue weighted by atomic mass is 10.0. The third kappa shape index (κ3) is 2.98. The van der Waals surface area contributed by atoms with E-state index in [-0.39, 0.29) is 12.1 Å². The number of rotatable bonds is 4. The van der Waals surface area contributed by atoms with Crippen LogP contribution in [0.2, 0.25) is 0 Å². The van der Waals surface area contributed by atoms with Crippen LogP contribution < -0.4 is 5.32 Å². The maximum absolute atomic E-state index is 12.8. The summed E-state index contributed by atoms with van der Waals surface area (Å²) in [7, 11) is 3.18. The van der Waals surface area contributed by atoms with Crippen LogP contribution >= 0.6 is 0 Å². The molecule has 92 valence electrons. The smallest absolute Gasteiger partial charge is 0.320 e. The van der Waals surface area contributed by atoms with Crippen LogP contribution in [0.4, 0.5) is 13.2 Å². The Bertz CT molecular complexity index is 344. The third-order valence-electron chi connectivity index (χ3n) is 2.47. The Balaban J connectivity index is 2.96. The zero-order valence-electron chi connectivity index (χ0n) is 9.60. The van der Waals surface area contributed by atoms with Crippen molar-refractivity contribution in [3.8, 4) is 0 Å². The van der Waals surface area contributed by atoms with Gasteiger partial charge in [-0.15, -0.1) is 0 Å². The largest absolute Gasteiger partial charge is 0.397 e. The topological polar surface area (TPSA) is 29.9 Å². The Morgan fingerprint density at radius 1 is 1.50 bits per heavy atom. The molecule has 0 aliphatic carbocycles. The second-order valence-electron chi connectivity index (χ2n) is 3.82. The van der Waals surface area contributed by atoms with Gasteiger partial charge in [0.1, 0.15) is 0 Å². The minimum absolute atomic E-state index is 0.0268. The highest BCUT2D eigenvalue weighted by atomic mass is 19.4. The Morgan fingerprint density at radius 2 is 2.12 bits per heavy atom. The van der Waals surface area contributed by atoms with E-state index in [0.717, 1.165) is 0 Å². The fourth-order valence-electron chi connectivity index (χ4n) is 1.72. The first-order valence-corrected chi connectivity index (χ1v) is 5.08. The van der Waals surface area contributed by atoms with Crippen molar-refractivity contribution in [3.05, 3.63) is 17.5 Å². The molecule has 0 saturated carbocycles. The van der Waals surface area contributed by atoms with Crippen LogP contribution in [0.25, 0.3) is 0 Å². The number of nitrogens with zero attached hydrogens (tertiary/aromatic N) is 2. The minimum atomic E-state index is -4.23. The van der Waals surface area contributed by atoms with E-state index >= 15 is 0 Å². The zero-order chi connectivity index (χ0) is 12.3. The second-order valence-corrected chi connectivity index (χ2v) is 3.82. The molecule has 1 N–H and O–H groups in total. The highest BCUT2D eigenvalue weighted by Gasteiger charge is 2.41. The molecule has 0 fully saturated rings. The molecule has 1 atom stereocenters. The third-order valence-corrected chi connectivity index (χ3v) is 2.47. The molecule has 1 heterocycles. The Hall–Kier alpha value is -1.04. The predicted molar refractivity (Wildman–Crippen MR) is 55.3 cm³/mol. The van der Waals surface area contributed by atoms with Crippen molar-refractivity contribution in [2.75, 3.05) is 13.6 Å². The van der Waals surface area contributed by atoms with Crippen LogP contribution in [0, 0.1) is 6.92 Å². The number of hydrogen-bond acceptors (Lipinski definition) is 2. The maximum Gasteiger partial charge on any atom is 0.397 e. The van der Waals surface area contributed by atoms with Gasteiger partial charge in [0, 0.05) is 7.05 Å². The number of aryl methyl sites for hydroxylation is 2. The molecule has 0 aliphatic rings. The normalized spacial score (nSPS) is 14.1. The molecule has 0 amide bonds. The van der Waals surface area contributed by atoms with E-state index in [0.29, 0.717) is 12.2 Å². The van der Waals surface area contributed by atoms with Crippen LogP contribution in [0.1, 0.15) is 23.7 Å². The Morgan fingerprint density at radius 3 is 2.50 bits per heavy atom. The van der Waals surface area contributed by atoms with Crippen LogP contribution in [-0.2, 0) is 7.05 Å². The molecular formula is C10H16F3N3. The summed E-state index contributed by atoms with van der Waals surface area (Å²) in [6.07, 6.45) is -4.20. The van der Waals surface area contributed by atoms with E-state index in [1.807, 2.05) is 0 Å². The summed E-state index contributed by atoms with van der Waals surface area (Å²) < 4.78 is 39.9. The van der Waals surface area contributed by atoms with Gasteiger partial charge in [-0.2, -0.15) is 18.3 Å². The van der Waals surface area contributed by atoms with Gasteiger partial charge in [-0.1, -0.05) is 0 Å². The van der Waals surface area contributed by atoms with Gasteiger partial charge >= 0.3 is 6.18 Å². The molecule has 1 unspecified atom stereocenters. The van der Waals surface area contributed by atoms with Crippen LogP contribution in [-0.4, -0.2) is 29.5 Å². The number of halogens is 3. The highest BCUT2D eigenvalue weighted by Crippen LogP contribution is 2.37. The lowest BCUT2D eigenvalue weighted by molar-refractivity contribution is -0.153. The summed E-state index contributed by atoms with van der Waals surface area (Å²) in [5.74, 6) is -1.45. The van der Waals surface area contributed by atoms with Gasteiger partial charge in [-0.25, -0.2) is 0 Å². The van der Waals surface area contributed by atoms with E-state index in [1.165, 1.54) is 10.7 Å². The quantitative estimate of drug-likeness (QED) is 0.864. The molecule has 1 rings (SSSR count). The van der Waals surface area contributed by atoms with Crippen LogP contribution in [0.15, 0.2) is 6.07 Å². The van der Waals surface area contributed by atoms with Crippen LogP contribution in [0.3, 0.4) is 0 Å². The number of hydrogen-bond donors (Lipinski definition) is 1. The van der Waals surface area contributed by atoms with E-state index in [9.17, 15) is 13.2 Å². The Labute approximate surface area is 92.6 Å². The molecule has 1 aromatic heterocycles. The molecule has 16 heavy (non-hydrogen) atoms. The number of alkyl halides is 3. The molecule has 3 nitrogen and oxygen atoms in total. The van der Waals surface area contributed by atoms with Gasteiger partial charge in [0.15, 0.2) is 0 Å². The fourth-order valence-corrected chi connectivity index (χ4v) is 1.72. The van der Waals surface area contributed by atoms with Crippen molar-refractivity contribution >= 4 is 0 Å². The van der Waals surface area contributed by atoms with Gasteiger partial charge in [0.25, 0.3) is 0 Å². The first-order chi connectivity index (χ1) is 7.36. The van der Waals surface area contributed by atoms with Gasteiger partial charge in [0.2, 0.25) is 0 Å². The molecule has 6 heteroatoms. The first-order valence-electron chi connectivity index (χ1n) is 5.08. The van der Waals surface area contributed by atoms with Crippen molar-refractivity contribution in [1.82, 2.24) is 15.1 Å².